The third-order valence-corrected chi connectivity index (χ3v) is 4.76. The molecule has 1 aliphatic rings. The molecule has 1 aromatic rings. The van der Waals surface area contributed by atoms with Gasteiger partial charge in [-0.1, -0.05) is 12.8 Å². The van der Waals surface area contributed by atoms with Crippen LogP contribution in [-0.4, -0.2) is 11.0 Å². The average Bonchev–Trinajstić information content (AvgIpc) is 2.84. The standard InChI is InChI=1S/C13H22N2S/c1-9(12-6-4-5-7-12)14-8-13-10(2)15-11(3)16-13/h9,12,14H,4-8H2,1-3H3/t9-/m1/s1. The summed E-state index contributed by atoms with van der Waals surface area (Å²) in [6.45, 7) is 7.52. The molecule has 2 rings (SSSR count). The predicted octanol–water partition coefficient (Wildman–Crippen LogP) is 3.43. The van der Waals surface area contributed by atoms with Crippen LogP contribution in [-0.2, 0) is 6.54 Å². The van der Waals surface area contributed by atoms with Crippen molar-refractivity contribution in [1.82, 2.24) is 10.3 Å². The summed E-state index contributed by atoms with van der Waals surface area (Å²) in [5.74, 6) is 0.898. The molecule has 0 saturated heterocycles. The maximum absolute atomic E-state index is 4.47. The first-order valence-electron chi connectivity index (χ1n) is 6.33. The van der Waals surface area contributed by atoms with E-state index in [1.54, 1.807) is 0 Å². The Bertz CT molecular complexity index is 340. The van der Waals surface area contributed by atoms with Gasteiger partial charge < -0.3 is 5.32 Å². The summed E-state index contributed by atoms with van der Waals surface area (Å²) in [5, 5.41) is 4.85. The number of aromatic nitrogens is 1. The Balaban J connectivity index is 1.84. The van der Waals surface area contributed by atoms with Crippen molar-refractivity contribution in [3.05, 3.63) is 15.6 Å². The van der Waals surface area contributed by atoms with Gasteiger partial charge in [-0.05, 0) is 39.5 Å². The first-order valence-corrected chi connectivity index (χ1v) is 7.14. The van der Waals surface area contributed by atoms with E-state index < -0.39 is 0 Å². The van der Waals surface area contributed by atoms with Gasteiger partial charge in [-0.2, -0.15) is 0 Å². The van der Waals surface area contributed by atoms with Gasteiger partial charge >= 0.3 is 0 Å². The second-order valence-electron chi connectivity index (χ2n) is 4.96. The lowest BCUT2D eigenvalue weighted by atomic mass is 10.00. The fourth-order valence-corrected chi connectivity index (χ4v) is 3.50. The minimum atomic E-state index is 0.657. The molecule has 1 heterocycles. The fourth-order valence-electron chi connectivity index (χ4n) is 2.62. The molecule has 0 aromatic carbocycles. The molecule has 90 valence electrons. The lowest BCUT2D eigenvalue weighted by Gasteiger charge is -2.20. The van der Waals surface area contributed by atoms with Crippen molar-refractivity contribution in [2.45, 2.75) is 59.0 Å². The van der Waals surface area contributed by atoms with Crippen LogP contribution < -0.4 is 5.32 Å². The zero-order valence-corrected chi connectivity index (χ0v) is 11.4. The van der Waals surface area contributed by atoms with Crippen molar-refractivity contribution < 1.29 is 0 Å². The number of aryl methyl sites for hydroxylation is 2. The van der Waals surface area contributed by atoms with Crippen LogP contribution in [0.2, 0.25) is 0 Å². The number of nitrogens with one attached hydrogen (secondary N) is 1. The SMILES string of the molecule is Cc1nc(C)c(CN[C@H](C)C2CCCC2)s1. The Labute approximate surface area is 102 Å². The van der Waals surface area contributed by atoms with Crippen LogP contribution in [0.25, 0.3) is 0 Å². The van der Waals surface area contributed by atoms with Gasteiger partial charge in [0, 0.05) is 17.5 Å². The Hall–Kier alpha value is -0.410. The van der Waals surface area contributed by atoms with Gasteiger partial charge in [-0.3, -0.25) is 0 Å². The molecule has 0 spiro atoms. The minimum Gasteiger partial charge on any atom is -0.309 e. The number of thiazole rings is 1. The minimum absolute atomic E-state index is 0.657. The number of rotatable bonds is 4. The molecule has 1 aromatic heterocycles. The third kappa shape index (κ3) is 2.83. The van der Waals surface area contributed by atoms with Crippen molar-refractivity contribution in [1.29, 1.82) is 0 Å². The predicted molar refractivity (Wildman–Crippen MR) is 69.8 cm³/mol. The van der Waals surface area contributed by atoms with Gasteiger partial charge in [-0.15, -0.1) is 11.3 Å². The molecule has 3 heteroatoms. The molecule has 1 saturated carbocycles. The van der Waals surface area contributed by atoms with Crippen LogP contribution in [0.4, 0.5) is 0 Å². The van der Waals surface area contributed by atoms with E-state index in [2.05, 4.69) is 31.1 Å². The number of hydrogen-bond donors (Lipinski definition) is 1. The van der Waals surface area contributed by atoms with E-state index >= 15 is 0 Å². The molecule has 1 atom stereocenters. The summed E-state index contributed by atoms with van der Waals surface area (Å²) in [6.07, 6.45) is 5.68. The van der Waals surface area contributed by atoms with E-state index in [-0.39, 0.29) is 0 Å². The highest BCUT2D eigenvalue weighted by Gasteiger charge is 2.21. The highest BCUT2D eigenvalue weighted by atomic mass is 32.1. The second kappa shape index (κ2) is 5.28. The first-order chi connectivity index (χ1) is 7.66. The van der Waals surface area contributed by atoms with E-state index in [1.165, 1.54) is 41.3 Å². The Morgan fingerprint density at radius 2 is 2.06 bits per heavy atom. The van der Waals surface area contributed by atoms with E-state index in [1.807, 2.05) is 11.3 Å². The molecule has 1 aliphatic carbocycles. The summed E-state index contributed by atoms with van der Waals surface area (Å²) >= 11 is 1.83. The van der Waals surface area contributed by atoms with Gasteiger partial charge in [0.15, 0.2) is 0 Å². The molecule has 0 radical (unpaired) electrons. The first kappa shape index (κ1) is 12.1. The summed E-state index contributed by atoms with van der Waals surface area (Å²) < 4.78 is 0. The zero-order valence-electron chi connectivity index (χ0n) is 10.5. The smallest absolute Gasteiger partial charge is 0.0900 e. The van der Waals surface area contributed by atoms with Crippen molar-refractivity contribution in [2.75, 3.05) is 0 Å². The average molecular weight is 238 g/mol. The van der Waals surface area contributed by atoms with Gasteiger partial charge in [-0.25, -0.2) is 4.98 Å². The molecular weight excluding hydrogens is 216 g/mol. The fraction of sp³-hybridized carbons (Fsp3) is 0.769. The Morgan fingerprint density at radius 1 is 1.38 bits per heavy atom. The largest absolute Gasteiger partial charge is 0.309 e. The molecule has 0 aliphatic heterocycles. The highest BCUT2D eigenvalue weighted by molar-refractivity contribution is 7.11. The van der Waals surface area contributed by atoms with E-state index in [0.29, 0.717) is 6.04 Å². The second-order valence-corrected chi connectivity index (χ2v) is 6.24. The molecule has 0 amide bonds. The molecular formula is C13H22N2S. The van der Waals surface area contributed by atoms with Crippen LogP contribution in [0, 0.1) is 19.8 Å². The lowest BCUT2D eigenvalue weighted by molar-refractivity contribution is 0.381. The quantitative estimate of drug-likeness (QED) is 0.869. The van der Waals surface area contributed by atoms with Gasteiger partial charge in [0.05, 0.1) is 10.7 Å². The van der Waals surface area contributed by atoms with Crippen molar-refractivity contribution in [3.63, 3.8) is 0 Å². The van der Waals surface area contributed by atoms with Gasteiger partial charge in [0.1, 0.15) is 0 Å². The molecule has 16 heavy (non-hydrogen) atoms. The summed E-state index contributed by atoms with van der Waals surface area (Å²) in [6, 6.07) is 0.657. The maximum Gasteiger partial charge on any atom is 0.0900 e. The molecule has 0 unspecified atom stereocenters. The normalized spacial score (nSPS) is 19.2. The topological polar surface area (TPSA) is 24.9 Å². The highest BCUT2D eigenvalue weighted by Crippen LogP contribution is 2.28. The Morgan fingerprint density at radius 3 is 2.62 bits per heavy atom. The molecule has 1 N–H and O–H groups in total. The number of hydrogen-bond acceptors (Lipinski definition) is 3. The van der Waals surface area contributed by atoms with Crippen LogP contribution in [0.1, 0.15) is 48.2 Å². The van der Waals surface area contributed by atoms with Gasteiger partial charge in [0.25, 0.3) is 0 Å². The monoisotopic (exact) mass is 238 g/mol. The van der Waals surface area contributed by atoms with Crippen LogP contribution in [0.3, 0.4) is 0 Å². The van der Waals surface area contributed by atoms with Crippen molar-refractivity contribution in [3.8, 4) is 0 Å². The molecule has 2 nitrogen and oxygen atoms in total. The summed E-state index contributed by atoms with van der Waals surface area (Å²) in [5.41, 5.74) is 1.20. The molecule has 0 bridgehead atoms. The molecule has 1 fully saturated rings. The summed E-state index contributed by atoms with van der Waals surface area (Å²) in [7, 11) is 0. The van der Waals surface area contributed by atoms with E-state index in [4.69, 9.17) is 0 Å². The Kier molecular flexibility index (Phi) is 3.98. The maximum atomic E-state index is 4.47. The third-order valence-electron chi connectivity index (χ3n) is 3.69. The van der Waals surface area contributed by atoms with Gasteiger partial charge in [0.2, 0.25) is 0 Å². The lowest BCUT2D eigenvalue weighted by Crippen LogP contribution is -2.31. The van der Waals surface area contributed by atoms with Crippen LogP contribution in [0.15, 0.2) is 0 Å². The van der Waals surface area contributed by atoms with E-state index in [9.17, 15) is 0 Å². The zero-order chi connectivity index (χ0) is 11.5. The van der Waals surface area contributed by atoms with Crippen LogP contribution in [0.5, 0.6) is 0 Å². The van der Waals surface area contributed by atoms with E-state index in [0.717, 1.165) is 12.5 Å². The van der Waals surface area contributed by atoms with Crippen molar-refractivity contribution in [2.24, 2.45) is 5.92 Å². The van der Waals surface area contributed by atoms with Crippen molar-refractivity contribution >= 4 is 11.3 Å². The number of nitrogens with zero attached hydrogens (tertiary/aromatic N) is 1. The summed E-state index contributed by atoms with van der Waals surface area (Å²) in [4.78, 5) is 5.87. The van der Waals surface area contributed by atoms with Crippen LogP contribution >= 0.6 is 11.3 Å².